The van der Waals surface area contributed by atoms with Crippen molar-refractivity contribution in [2.45, 2.75) is 30.1 Å². The minimum absolute atomic E-state index is 0.0309. The molecule has 2 rings (SSSR count). The third-order valence-corrected chi connectivity index (χ3v) is 3.34. The van der Waals surface area contributed by atoms with Crippen molar-refractivity contribution in [3.63, 3.8) is 0 Å². The highest BCUT2D eigenvalue weighted by Gasteiger charge is 2.24. The molecule has 0 saturated heterocycles. The summed E-state index contributed by atoms with van der Waals surface area (Å²) in [5, 5.41) is 17.4. The van der Waals surface area contributed by atoms with Crippen LogP contribution in [0.15, 0.2) is 21.3 Å². The summed E-state index contributed by atoms with van der Waals surface area (Å²) < 4.78 is 1.37. The first-order valence-electron chi connectivity index (χ1n) is 5.51. The standard InChI is InChI=1S/C9H11N7O3S/c1-4(2)15-8(17)13-14-9(15)20-7-5(16(18)19)6(10)11-3-12-7/h3-4H,1-2H3,(H,13,17)(H2,10,11,12). The molecule has 0 aromatic carbocycles. The monoisotopic (exact) mass is 297 g/mol. The lowest BCUT2D eigenvalue weighted by molar-refractivity contribution is -0.387. The molecule has 0 bridgehead atoms. The minimum atomic E-state index is -0.665. The molecule has 0 aliphatic carbocycles. The van der Waals surface area contributed by atoms with Gasteiger partial charge in [-0.3, -0.25) is 14.7 Å². The van der Waals surface area contributed by atoms with Crippen LogP contribution in [0, 0.1) is 10.1 Å². The minimum Gasteiger partial charge on any atom is -0.378 e. The van der Waals surface area contributed by atoms with Gasteiger partial charge in [0.1, 0.15) is 6.33 Å². The lowest BCUT2D eigenvalue weighted by atomic mass is 10.4. The van der Waals surface area contributed by atoms with Gasteiger partial charge in [-0.15, -0.1) is 5.10 Å². The molecule has 106 valence electrons. The predicted octanol–water partition coefficient (Wildman–Crippen LogP) is 0.584. The van der Waals surface area contributed by atoms with Crippen LogP contribution in [0.25, 0.3) is 0 Å². The predicted molar refractivity (Wildman–Crippen MR) is 70.5 cm³/mol. The molecule has 0 aliphatic heterocycles. The van der Waals surface area contributed by atoms with Crippen LogP contribution in [0.2, 0.25) is 0 Å². The molecule has 0 atom stereocenters. The Morgan fingerprint density at radius 3 is 2.80 bits per heavy atom. The molecule has 0 radical (unpaired) electrons. The second kappa shape index (κ2) is 5.28. The van der Waals surface area contributed by atoms with E-state index in [9.17, 15) is 14.9 Å². The molecule has 2 heterocycles. The number of rotatable bonds is 4. The maximum absolute atomic E-state index is 11.6. The van der Waals surface area contributed by atoms with Gasteiger partial charge in [0.25, 0.3) is 0 Å². The molecule has 2 aromatic rings. The topological polar surface area (TPSA) is 146 Å². The molecule has 0 spiro atoms. The van der Waals surface area contributed by atoms with Crippen LogP contribution in [0.3, 0.4) is 0 Å². The number of H-pyrrole nitrogens is 1. The smallest absolute Gasteiger partial charge is 0.344 e. The molecule has 3 N–H and O–H groups in total. The summed E-state index contributed by atoms with van der Waals surface area (Å²) in [6.45, 7) is 3.59. The number of nitrogen functional groups attached to an aromatic ring is 1. The first-order valence-corrected chi connectivity index (χ1v) is 6.33. The van der Waals surface area contributed by atoms with Crippen LogP contribution in [0.5, 0.6) is 0 Å². The summed E-state index contributed by atoms with van der Waals surface area (Å²) in [7, 11) is 0. The number of hydrogen-bond acceptors (Lipinski definition) is 8. The summed E-state index contributed by atoms with van der Waals surface area (Å²) in [5.41, 5.74) is 4.68. The highest BCUT2D eigenvalue weighted by molar-refractivity contribution is 7.99. The third-order valence-electron chi connectivity index (χ3n) is 2.38. The number of aromatic amines is 1. The van der Waals surface area contributed by atoms with Gasteiger partial charge >= 0.3 is 11.4 Å². The molecule has 11 heteroatoms. The van der Waals surface area contributed by atoms with Gasteiger partial charge in [0.2, 0.25) is 5.82 Å². The highest BCUT2D eigenvalue weighted by atomic mass is 32.2. The van der Waals surface area contributed by atoms with Crippen LogP contribution in [0.4, 0.5) is 11.5 Å². The molecular formula is C9H11N7O3S. The van der Waals surface area contributed by atoms with E-state index in [0.717, 1.165) is 18.1 Å². The van der Waals surface area contributed by atoms with E-state index in [1.165, 1.54) is 4.57 Å². The zero-order chi connectivity index (χ0) is 14.9. The second-order valence-electron chi connectivity index (χ2n) is 4.05. The van der Waals surface area contributed by atoms with Crippen molar-refractivity contribution >= 4 is 23.3 Å². The van der Waals surface area contributed by atoms with E-state index >= 15 is 0 Å². The molecule has 10 nitrogen and oxygen atoms in total. The highest BCUT2D eigenvalue weighted by Crippen LogP contribution is 2.34. The van der Waals surface area contributed by atoms with Gasteiger partial charge in [0, 0.05) is 6.04 Å². The normalized spacial score (nSPS) is 10.9. The molecule has 20 heavy (non-hydrogen) atoms. The largest absolute Gasteiger partial charge is 0.378 e. The van der Waals surface area contributed by atoms with Crippen molar-refractivity contribution in [1.82, 2.24) is 24.7 Å². The van der Waals surface area contributed by atoms with Crippen molar-refractivity contribution in [1.29, 1.82) is 0 Å². The third kappa shape index (κ3) is 2.47. The zero-order valence-corrected chi connectivity index (χ0v) is 11.4. The van der Waals surface area contributed by atoms with Gasteiger partial charge in [0.15, 0.2) is 10.2 Å². The quantitative estimate of drug-likeness (QED) is 0.473. The van der Waals surface area contributed by atoms with Crippen molar-refractivity contribution in [2.24, 2.45) is 0 Å². The van der Waals surface area contributed by atoms with E-state index in [1.807, 2.05) is 0 Å². The Morgan fingerprint density at radius 1 is 1.50 bits per heavy atom. The van der Waals surface area contributed by atoms with E-state index in [2.05, 4.69) is 20.2 Å². The van der Waals surface area contributed by atoms with Crippen LogP contribution >= 0.6 is 11.8 Å². The van der Waals surface area contributed by atoms with Gasteiger partial charge in [-0.05, 0) is 25.6 Å². The number of nitrogens with one attached hydrogen (secondary N) is 1. The lowest BCUT2D eigenvalue weighted by Gasteiger charge is -2.08. The van der Waals surface area contributed by atoms with Crippen molar-refractivity contribution in [3.05, 3.63) is 26.9 Å². The fraction of sp³-hybridized carbons (Fsp3) is 0.333. The Bertz CT molecular complexity index is 708. The Morgan fingerprint density at radius 2 is 2.20 bits per heavy atom. The Balaban J connectivity index is 2.49. The van der Waals surface area contributed by atoms with E-state index in [-0.39, 0.29) is 22.0 Å². The van der Waals surface area contributed by atoms with E-state index in [1.54, 1.807) is 13.8 Å². The average molecular weight is 297 g/mol. The lowest BCUT2D eigenvalue weighted by Crippen LogP contribution is -2.19. The van der Waals surface area contributed by atoms with Gasteiger partial charge in [-0.1, -0.05) is 0 Å². The van der Waals surface area contributed by atoms with Crippen LogP contribution in [-0.2, 0) is 0 Å². The number of nitrogens with two attached hydrogens (primary N) is 1. The summed E-state index contributed by atoms with van der Waals surface area (Å²) >= 11 is 0.880. The Labute approximate surface area is 116 Å². The number of aromatic nitrogens is 5. The van der Waals surface area contributed by atoms with Crippen molar-refractivity contribution in [2.75, 3.05) is 5.73 Å². The Hall–Kier alpha value is -2.43. The zero-order valence-electron chi connectivity index (χ0n) is 10.6. The second-order valence-corrected chi connectivity index (χ2v) is 5.00. The maximum atomic E-state index is 11.6. The maximum Gasteiger partial charge on any atom is 0.344 e. The van der Waals surface area contributed by atoms with E-state index in [0.29, 0.717) is 0 Å². The fourth-order valence-corrected chi connectivity index (χ4v) is 2.56. The molecule has 2 aromatic heterocycles. The van der Waals surface area contributed by atoms with Crippen LogP contribution in [-0.4, -0.2) is 29.7 Å². The summed E-state index contributed by atoms with van der Waals surface area (Å²) in [6.07, 6.45) is 1.12. The molecule has 0 unspecified atom stereocenters. The Kier molecular flexibility index (Phi) is 3.70. The van der Waals surface area contributed by atoms with Gasteiger partial charge in [-0.25, -0.2) is 19.9 Å². The molecule has 0 fully saturated rings. The summed E-state index contributed by atoms with van der Waals surface area (Å²) in [5.74, 6) is -0.235. The molecule has 0 aliphatic rings. The van der Waals surface area contributed by atoms with Gasteiger partial charge in [0.05, 0.1) is 4.92 Å². The van der Waals surface area contributed by atoms with Gasteiger partial charge < -0.3 is 5.73 Å². The van der Waals surface area contributed by atoms with Crippen molar-refractivity contribution in [3.8, 4) is 0 Å². The number of hydrogen-bond donors (Lipinski definition) is 2. The number of nitro groups is 1. The first-order chi connectivity index (χ1) is 9.41. The van der Waals surface area contributed by atoms with E-state index in [4.69, 9.17) is 5.73 Å². The molecular weight excluding hydrogens is 286 g/mol. The van der Waals surface area contributed by atoms with Crippen LogP contribution in [0.1, 0.15) is 19.9 Å². The van der Waals surface area contributed by atoms with E-state index < -0.39 is 16.3 Å². The van der Waals surface area contributed by atoms with Crippen LogP contribution < -0.4 is 11.4 Å². The fourth-order valence-electron chi connectivity index (χ4n) is 1.53. The average Bonchev–Trinajstić information content (AvgIpc) is 2.70. The van der Waals surface area contributed by atoms with Gasteiger partial charge in [-0.2, -0.15) is 0 Å². The number of anilines is 1. The molecule has 0 amide bonds. The van der Waals surface area contributed by atoms with Crippen molar-refractivity contribution < 1.29 is 4.92 Å². The first kappa shape index (κ1) is 14.0. The summed E-state index contributed by atoms with van der Waals surface area (Å²) in [4.78, 5) is 29.3. The number of nitrogens with zero attached hydrogens (tertiary/aromatic N) is 5. The summed E-state index contributed by atoms with van der Waals surface area (Å²) in [6, 6.07) is -0.151. The molecule has 0 saturated carbocycles. The SMILES string of the molecule is CC(C)n1c(Sc2ncnc(N)c2[N+](=O)[O-])n[nH]c1=O.